The zero-order valence-corrected chi connectivity index (χ0v) is 20.8. The van der Waals surface area contributed by atoms with E-state index in [1.807, 2.05) is 0 Å². The van der Waals surface area contributed by atoms with Gasteiger partial charge in [0, 0.05) is 16.1 Å². The molecule has 0 aliphatic rings. The number of halogens is 1. The Morgan fingerprint density at radius 2 is 1.30 bits per heavy atom. The van der Waals surface area contributed by atoms with Crippen molar-refractivity contribution in [1.82, 2.24) is 0 Å². The van der Waals surface area contributed by atoms with Gasteiger partial charge in [-0.1, -0.05) is 105 Å². The Morgan fingerprint density at radius 1 is 0.700 bits per heavy atom. The first-order valence-corrected chi connectivity index (χ1v) is 13.3. The zero-order chi connectivity index (χ0) is 21.4. The second-order valence-corrected chi connectivity index (χ2v) is 8.98. The standard InChI is InChI=1S/C27H41BrO2/c1-3-5-6-10-16-21-30-27-23(4-2)22-26(24-17-12-13-18-25(24)27)29-20-15-11-8-7-9-14-19-28/h12-13,17-18,22H,3-11,14-16,19-21H2,1-2H3. The maximum Gasteiger partial charge on any atom is 0.130 e. The molecule has 3 heteroatoms. The highest BCUT2D eigenvalue weighted by atomic mass is 79.9. The Balaban J connectivity index is 1.95. The first kappa shape index (κ1) is 25.0. The summed E-state index contributed by atoms with van der Waals surface area (Å²) in [6.45, 7) is 6.06. The molecule has 0 radical (unpaired) electrons. The molecule has 0 bridgehead atoms. The monoisotopic (exact) mass is 476 g/mol. The molecule has 2 aromatic carbocycles. The van der Waals surface area contributed by atoms with Crippen LogP contribution in [0.1, 0.15) is 90.0 Å². The van der Waals surface area contributed by atoms with Crippen LogP contribution in [0.15, 0.2) is 30.3 Å². The van der Waals surface area contributed by atoms with Crippen LogP contribution >= 0.6 is 15.9 Å². The normalized spacial score (nSPS) is 11.2. The van der Waals surface area contributed by atoms with E-state index in [1.54, 1.807) is 0 Å². The fourth-order valence-corrected chi connectivity index (χ4v) is 4.29. The van der Waals surface area contributed by atoms with Crippen molar-refractivity contribution in [3.05, 3.63) is 35.9 Å². The van der Waals surface area contributed by atoms with E-state index >= 15 is 0 Å². The van der Waals surface area contributed by atoms with Crippen molar-refractivity contribution >= 4 is 26.7 Å². The Bertz CT molecular complexity index is 713. The van der Waals surface area contributed by atoms with Crippen LogP contribution in [0.25, 0.3) is 10.8 Å². The third-order valence-electron chi connectivity index (χ3n) is 5.69. The molecule has 0 N–H and O–H groups in total. The molecule has 0 fully saturated rings. The average molecular weight is 478 g/mol. The largest absolute Gasteiger partial charge is 0.493 e. The van der Waals surface area contributed by atoms with Gasteiger partial charge in [0.25, 0.3) is 0 Å². The van der Waals surface area contributed by atoms with Crippen molar-refractivity contribution in [2.75, 3.05) is 18.5 Å². The molecule has 0 atom stereocenters. The Labute approximate surface area is 192 Å². The van der Waals surface area contributed by atoms with E-state index in [4.69, 9.17) is 9.47 Å². The highest BCUT2D eigenvalue weighted by molar-refractivity contribution is 9.09. The lowest BCUT2D eigenvalue weighted by molar-refractivity contribution is 0.299. The summed E-state index contributed by atoms with van der Waals surface area (Å²) in [6.07, 6.45) is 14.9. The number of fused-ring (bicyclic) bond motifs is 1. The molecule has 0 aliphatic heterocycles. The third kappa shape index (κ3) is 8.49. The smallest absolute Gasteiger partial charge is 0.130 e. The lowest BCUT2D eigenvalue weighted by Gasteiger charge is -2.17. The highest BCUT2D eigenvalue weighted by Gasteiger charge is 2.13. The number of rotatable bonds is 17. The van der Waals surface area contributed by atoms with Crippen molar-refractivity contribution in [3.8, 4) is 11.5 Å². The molecule has 2 nitrogen and oxygen atoms in total. The molecule has 2 aromatic rings. The number of hydrogen-bond acceptors (Lipinski definition) is 2. The minimum atomic E-state index is 0.795. The van der Waals surface area contributed by atoms with Gasteiger partial charge in [-0.3, -0.25) is 0 Å². The third-order valence-corrected chi connectivity index (χ3v) is 6.26. The van der Waals surface area contributed by atoms with Gasteiger partial charge < -0.3 is 9.47 Å². The van der Waals surface area contributed by atoms with Crippen LogP contribution in [0, 0.1) is 0 Å². The van der Waals surface area contributed by atoms with Crippen LogP contribution < -0.4 is 9.47 Å². The van der Waals surface area contributed by atoms with Crippen molar-refractivity contribution in [1.29, 1.82) is 0 Å². The summed E-state index contributed by atoms with van der Waals surface area (Å²) in [6, 6.07) is 10.8. The van der Waals surface area contributed by atoms with Gasteiger partial charge in [-0.2, -0.15) is 0 Å². The van der Waals surface area contributed by atoms with Crippen molar-refractivity contribution < 1.29 is 9.47 Å². The number of ether oxygens (including phenoxy) is 2. The van der Waals surface area contributed by atoms with Crippen LogP contribution in [-0.4, -0.2) is 18.5 Å². The van der Waals surface area contributed by atoms with Crippen molar-refractivity contribution in [2.45, 2.75) is 90.9 Å². The van der Waals surface area contributed by atoms with E-state index in [0.29, 0.717) is 0 Å². The van der Waals surface area contributed by atoms with Gasteiger partial charge in [0.1, 0.15) is 11.5 Å². The summed E-state index contributed by atoms with van der Waals surface area (Å²) in [4.78, 5) is 0. The second-order valence-electron chi connectivity index (χ2n) is 8.18. The van der Waals surface area contributed by atoms with Crippen LogP contribution in [-0.2, 0) is 6.42 Å². The maximum absolute atomic E-state index is 6.31. The molecule has 0 saturated carbocycles. The summed E-state index contributed by atoms with van der Waals surface area (Å²) in [7, 11) is 0. The van der Waals surface area contributed by atoms with Gasteiger partial charge in [0.15, 0.2) is 0 Å². The highest BCUT2D eigenvalue weighted by Crippen LogP contribution is 2.37. The predicted octanol–water partition coefficient (Wildman–Crippen LogP) is 8.87. The van der Waals surface area contributed by atoms with Crippen LogP contribution in [0.3, 0.4) is 0 Å². The zero-order valence-electron chi connectivity index (χ0n) is 19.2. The molecule has 0 amide bonds. The predicted molar refractivity (Wildman–Crippen MR) is 135 cm³/mol. The van der Waals surface area contributed by atoms with E-state index in [0.717, 1.165) is 49.3 Å². The number of aryl methyl sites for hydroxylation is 1. The molecule has 0 aliphatic carbocycles. The number of benzene rings is 2. The molecule has 168 valence electrons. The van der Waals surface area contributed by atoms with Crippen LogP contribution in [0.4, 0.5) is 0 Å². The van der Waals surface area contributed by atoms with E-state index in [-0.39, 0.29) is 0 Å². The second kappa shape index (κ2) is 15.6. The summed E-state index contributed by atoms with van der Waals surface area (Å²) in [5.74, 6) is 2.07. The summed E-state index contributed by atoms with van der Waals surface area (Å²) in [5, 5.41) is 3.49. The average Bonchev–Trinajstić information content (AvgIpc) is 2.78. The van der Waals surface area contributed by atoms with Crippen molar-refractivity contribution in [2.24, 2.45) is 0 Å². The Morgan fingerprint density at radius 3 is 1.97 bits per heavy atom. The Kier molecular flexibility index (Phi) is 13.0. The first-order valence-electron chi connectivity index (χ1n) is 12.2. The molecule has 0 unspecified atom stereocenters. The SMILES string of the molecule is CCCCCCCOc1c(CC)cc(OCCCCCCCCBr)c2ccccc12. The number of unbranched alkanes of at least 4 members (excludes halogenated alkanes) is 9. The maximum atomic E-state index is 6.31. The van der Waals surface area contributed by atoms with Crippen molar-refractivity contribution in [3.63, 3.8) is 0 Å². The topological polar surface area (TPSA) is 18.5 Å². The molecule has 2 rings (SSSR count). The first-order chi connectivity index (χ1) is 14.8. The van der Waals surface area contributed by atoms with Gasteiger partial charge in [-0.25, -0.2) is 0 Å². The number of alkyl halides is 1. The molecule has 0 spiro atoms. The van der Waals surface area contributed by atoms with E-state index in [9.17, 15) is 0 Å². The van der Waals surface area contributed by atoms with E-state index in [2.05, 4.69) is 60.1 Å². The molecular weight excluding hydrogens is 436 g/mol. The lowest BCUT2D eigenvalue weighted by atomic mass is 10.0. The molecule has 0 aromatic heterocycles. The molecule has 0 heterocycles. The fourth-order valence-electron chi connectivity index (χ4n) is 3.89. The molecule has 30 heavy (non-hydrogen) atoms. The molecular formula is C27H41BrO2. The fraction of sp³-hybridized carbons (Fsp3) is 0.630. The number of hydrogen-bond donors (Lipinski definition) is 0. The van der Waals surface area contributed by atoms with E-state index < -0.39 is 0 Å². The minimum absolute atomic E-state index is 0.795. The minimum Gasteiger partial charge on any atom is -0.493 e. The summed E-state index contributed by atoms with van der Waals surface area (Å²) >= 11 is 3.50. The quantitative estimate of drug-likeness (QED) is 0.167. The van der Waals surface area contributed by atoms with Gasteiger partial charge in [-0.15, -0.1) is 0 Å². The Hall–Kier alpha value is -1.22. The van der Waals surface area contributed by atoms with Gasteiger partial charge >= 0.3 is 0 Å². The van der Waals surface area contributed by atoms with Crippen LogP contribution in [0.2, 0.25) is 0 Å². The van der Waals surface area contributed by atoms with Gasteiger partial charge in [0.2, 0.25) is 0 Å². The summed E-state index contributed by atoms with van der Waals surface area (Å²) < 4.78 is 12.6. The van der Waals surface area contributed by atoms with E-state index in [1.165, 1.54) is 74.1 Å². The summed E-state index contributed by atoms with van der Waals surface area (Å²) in [5.41, 5.74) is 1.26. The van der Waals surface area contributed by atoms with Gasteiger partial charge in [-0.05, 0) is 37.3 Å². The molecule has 0 saturated heterocycles. The van der Waals surface area contributed by atoms with Gasteiger partial charge in [0.05, 0.1) is 13.2 Å². The lowest BCUT2D eigenvalue weighted by Crippen LogP contribution is -2.03. The van der Waals surface area contributed by atoms with Crippen LogP contribution in [0.5, 0.6) is 11.5 Å².